The van der Waals surface area contributed by atoms with Crippen LogP contribution in [0.5, 0.6) is 0 Å². The van der Waals surface area contributed by atoms with E-state index in [0.717, 1.165) is 10.9 Å². The van der Waals surface area contributed by atoms with Crippen LogP contribution in [-0.4, -0.2) is 16.8 Å². The van der Waals surface area contributed by atoms with Gasteiger partial charge in [0.25, 0.3) is 5.69 Å². The van der Waals surface area contributed by atoms with E-state index in [1.807, 2.05) is 0 Å². The van der Waals surface area contributed by atoms with Gasteiger partial charge in [0.2, 0.25) is 0 Å². The standard InChI is InChI=1S/C9H8N2O3/c1-14-10-5-4-7-6-8(11(12)13)2-3-9(7)10/h2-6H,1H3. The summed E-state index contributed by atoms with van der Waals surface area (Å²) in [5.74, 6) is 0. The highest BCUT2D eigenvalue weighted by Gasteiger charge is 2.08. The molecule has 1 aromatic carbocycles. The minimum Gasteiger partial charge on any atom is -0.417 e. The van der Waals surface area contributed by atoms with E-state index in [9.17, 15) is 10.1 Å². The Balaban J connectivity index is 2.63. The molecule has 5 nitrogen and oxygen atoms in total. The van der Waals surface area contributed by atoms with Gasteiger partial charge in [0, 0.05) is 23.7 Å². The van der Waals surface area contributed by atoms with Crippen molar-refractivity contribution in [2.75, 3.05) is 7.11 Å². The molecule has 0 aliphatic rings. The van der Waals surface area contributed by atoms with Crippen molar-refractivity contribution in [3.8, 4) is 0 Å². The Morgan fingerprint density at radius 2 is 2.21 bits per heavy atom. The molecule has 2 aromatic rings. The summed E-state index contributed by atoms with van der Waals surface area (Å²) in [7, 11) is 1.54. The number of nitro benzene ring substituents is 1. The van der Waals surface area contributed by atoms with E-state index in [0.29, 0.717) is 0 Å². The maximum Gasteiger partial charge on any atom is 0.270 e. The fourth-order valence-electron chi connectivity index (χ4n) is 1.38. The number of non-ortho nitro benzene ring substituents is 1. The smallest absolute Gasteiger partial charge is 0.270 e. The zero-order valence-corrected chi connectivity index (χ0v) is 7.51. The van der Waals surface area contributed by atoms with Crippen LogP contribution in [0.2, 0.25) is 0 Å². The molecule has 0 bridgehead atoms. The van der Waals surface area contributed by atoms with Crippen LogP contribution in [0.3, 0.4) is 0 Å². The number of fused-ring (bicyclic) bond motifs is 1. The van der Waals surface area contributed by atoms with E-state index >= 15 is 0 Å². The van der Waals surface area contributed by atoms with Crippen molar-refractivity contribution >= 4 is 16.6 Å². The van der Waals surface area contributed by atoms with Crippen LogP contribution in [0.25, 0.3) is 10.9 Å². The van der Waals surface area contributed by atoms with E-state index in [2.05, 4.69) is 0 Å². The van der Waals surface area contributed by atoms with Crippen molar-refractivity contribution in [1.29, 1.82) is 0 Å². The molecule has 1 aromatic heterocycles. The first-order chi connectivity index (χ1) is 6.72. The fraction of sp³-hybridized carbons (Fsp3) is 0.111. The van der Waals surface area contributed by atoms with Gasteiger partial charge in [-0.3, -0.25) is 10.1 Å². The molecule has 5 heteroatoms. The average Bonchev–Trinajstić information content (AvgIpc) is 2.59. The lowest BCUT2D eigenvalue weighted by Gasteiger charge is -2.00. The number of rotatable bonds is 2. The van der Waals surface area contributed by atoms with Crippen LogP contribution >= 0.6 is 0 Å². The molecule has 0 saturated heterocycles. The van der Waals surface area contributed by atoms with Crippen molar-refractivity contribution in [2.45, 2.75) is 0 Å². The summed E-state index contributed by atoms with van der Waals surface area (Å²) in [6.07, 6.45) is 1.72. The second kappa shape index (κ2) is 3.02. The second-order valence-corrected chi connectivity index (χ2v) is 2.82. The van der Waals surface area contributed by atoms with E-state index in [1.165, 1.54) is 12.1 Å². The summed E-state index contributed by atoms with van der Waals surface area (Å²) in [5, 5.41) is 11.3. The predicted octanol–water partition coefficient (Wildman–Crippen LogP) is 1.61. The van der Waals surface area contributed by atoms with Crippen molar-refractivity contribution in [2.24, 2.45) is 0 Å². The molecule has 0 saturated carbocycles. The van der Waals surface area contributed by atoms with Gasteiger partial charge in [-0.1, -0.05) is 0 Å². The molecule has 72 valence electrons. The van der Waals surface area contributed by atoms with Crippen LogP contribution in [0.1, 0.15) is 0 Å². The van der Waals surface area contributed by atoms with Gasteiger partial charge in [-0.2, -0.15) is 4.73 Å². The van der Waals surface area contributed by atoms with E-state index in [1.54, 1.807) is 30.2 Å². The summed E-state index contributed by atoms with van der Waals surface area (Å²) in [5.41, 5.74) is 0.907. The Hall–Kier alpha value is -2.04. The third kappa shape index (κ3) is 1.19. The van der Waals surface area contributed by atoms with Crippen molar-refractivity contribution < 1.29 is 9.76 Å². The maximum atomic E-state index is 10.5. The zero-order valence-electron chi connectivity index (χ0n) is 7.51. The second-order valence-electron chi connectivity index (χ2n) is 2.82. The monoisotopic (exact) mass is 192 g/mol. The van der Waals surface area contributed by atoms with Gasteiger partial charge < -0.3 is 4.84 Å². The van der Waals surface area contributed by atoms with Crippen LogP contribution < -0.4 is 4.84 Å². The topological polar surface area (TPSA) is 57.3 Å². The van der Waals surface area contributed by atoms with Gasteiger partial charge in [0.15, 0.2) is 0 Å². The Morgan fingerprint density at radius 1 is 1.43 bits per heavy atom. The van der Waals surface area contributed by atoms with E-state index < -0.39 is 4.92 Å². The maximum absolute atomic E-state index is 10.5. The van der Waals surface area contributed by atoms with E-state index in [-0.39, 0.29) is 5.69 Å². The molecule has 0 N–H and O–H groups in total. The average molecular weight is 192 g/mol. The zero-order chi connectivity index (χ0) is 10.1. The Morgan fingerprint density at radius 3 is 2.86 bits per heavy atom. The molecule has 0 radical (unpaired) electrons. The number of nitro groups is 1. The highest BCUT2D eigenvalue weighted by molar-refractivity contribution is 5.82. The number of hydrogen-bond donors (Lipinski definition) is 0. The third-order valence-corrected chi connectivity index (χ3v) is 2.05. The third-order valence-electron chi connectivity index (χ3n) is 2.05. The first-order valence-electron chi connectivity index (χ1n) is 4.02. The first kappa shape index (κ1) is 8.55. The largest absolute Gasteiger partial charge is 0.417 e. The minimum absolute atomic E-state index is 0.0892. The van der Waals surface area contributed by atoms with Gasteiger partial charge in [0.1, 0.15) is 7.11 Å². The number of benzene rings is 1. The lowest BCUT2D eigenvalue weighted by atomic mass is 10.2. The minimum atomic E-state index is -0.413. The van der Waals surface area contributed by atoms with Gasteiger partial charge in [-0.15, -0.1) is 0 Å². The van der Waals surface area contributed by atoms with Crippen LogP contribution in [0.4, 0.5) is 5.69 Å². The van der Waals surface area contributed by atoms with Gasteiger partial charge >= 0.3 is 0 Å². The molecular weight excluding hydrogens is 184 g/mol. The van der Waals surface area contributed by atoms with Crippen molar-refractivity contribution in [1.82, 2.24) is 4.73 Å². The lowest BCUT2D eigenvalue weighted by molar-refractivity contribution is -0.384. The quantitative estimate of drug-likeness (QED) is 0.536. The molecule has 0 unspecified atom stereocenters. The SMILES string of the molecule is COn1ccc2cc([N+](=O)[O-])ccc21. The van der Waals surface area contributed by atoms with Crippen molar-refractivity contribution in [3.05, 3.63) is 40.6 Å². The summed E-state index contributed by atoms with van der Waals surface area (Å²) >= 11 is 0. The Labute approximate surface area is 79.6 Å². The van der Waals surface area contributed by atoms with E-state index in [4.69, 9.17) is 4.84 Å². The van der Waals surface area contributed by atoms with Crippen LogP contribution in [-0.2, 0) is 0 Å². The molecule has 1 heterocycles. The summed E-state index contributed by atoms with van der Waals surface area (Å²) < 4.78 is 1.55. The number of nitrogens with zero attached hydrogens (tertiary/aromatic N) is 2. The highest BCUT2D eigenvalue weighted by Crippen LogP contribution is 2.20. The molecule has 0 amide bonds. The lowest BCUT2D eigenvalue weighted by Crippen LogP contribution is -2.02. The number of hydrogen-bond acceptors (Lipinski definition) is 3. The molecule has 14 heavy (non-hydrogen) atoms. The molecule has 0 aliphatic heterocycles. The molecule has 0 fully saturated rings. The van der Waals surface area contributed by atoms with Crippen molar-refractivity contribution in [3.63, 3.8) is 0 Å². The predicted molar refractivity (Wildman–Crippen MR) is 51.1 cm³/mol. The van der Waals surface area contributed by atoms with Gasteiger partial charge in [-0.05, 0) is 12.1 Å². The Kier molecular flexibility index (Phi) is 1.85. The van der Waals surface area contributed by atoms with Crippen LogP contribution in [0.15, 0.2) is 30.5 Å². The summed E-state index contributed by atoms with van der Waals surface area (Å²) in [6, 6.07) is 6.41. The first-order valence-corrected chi connectivity index (χ1v) is 4.02. The molecular formula is C9H8N2O3. The molecule has 0 aliphatic carbocycles. The number of aromatic nitrogens is 1. The Bertz CT molecular complexity index is 490. The fourth-order valence-corrected chi connectivity index (χ4v) is 1.38. The summed E-state index contributed by atoms with van der Waals surface area (Å²) in [4.78, 5) is 15.1. The highest BCUT2D eigenvalue weighted by atomic mass is 16.6. The molecule has 0 spiro atoms. The molecule has 0 atom stereocenters. The van der Waals surface area contributed by atoms with Crippen LogP contribution in [0, 0.1) is 10.1 Å². The van der Waals surface area contributed by atoms with Gasteiger partial charge in [0.05, 0.1) is 10.4 Å². The summed E-state index contributed by atoms with van der Waals surface area (Å²) in [6.45, 7) is 0. The van der Waals surface area contributed by atoms with Gasteiger partial charge in [-0.25, -0.2) is 0 Å². The normalized spacial score (nSPS) is 10.4. The molecule has 2 rings (SSSR count).